The Kier molecular flexibility index (Phi) is 5.28. The van der Waals surface area contributed by atoms with Crippen LogP contribution < -0.4 is 5.73 Å². The van der Waals surface area contributed by atoms with E-state index in [1.165, 1.54) is 0 Å². The van der Waals surface area contributed by atoms with Crippen molar-refractivity contribution in [1.82, 2.24) is 0 Å². The van der Waals surface area contributed by atoms with Crippen molar-refractivity contribution in [3.63, 3.8) is 0 Å². The smallest absolute Gasteiger partial charge is 0.309 e. The van der Waals surface area contributed by atoms with Gasteiger partial charge in [0.2, 0.25) is 0 Å². The minimum absolute atomic E-state index is 0.185. The first-order chi connectivity index (χ1) is 6.88. The highest BCUT2D eigenvalue weighted by Crippen LogP contribution is 2.32. The molecule has 0 saturated carbocycles. The van der Waals surface area contributed by atoms with Gasteiger partial charge in [-0.25, -0.2) is 0 Å². The van der Waals surface area contributed by atoms with E-state index >= 15 is 0 Å². The monoisotopic (exact) mass is 217 g/mol. The zero-order valence-electron chi connectivity index (χ0n) is 9.19. The predicted octanol–water partition coefficient (Wildman–Crippen LogP) is 1.07. The van der Waals surface area contributed by atoms with Crippen LogP contribution in [0.3, 0.4) is 0 Å². The minimum Gasteiger partial charge on any atom is -0.481 e. The zero-order valence-corrected chi connectivity index (χ0v) is 9.19. The molecule has 1 atom stereocenters. The Bertz CT molecular complexity index is 236. The lowest BCUT2D eigenvalue weighted by Gasteiger charge is -2.29. The van der Waals surface area contributed by atoms with E-state index in [1.807, 2.05) is 0 Å². The van der Waals surface area contributed by atoms with Crippen LogP contribution in [-0.4, -0.2) is 28.2 Å². The third-order valence-electron chi connectivity index (χ3n) is 2.90. The van der Waals surface area contributed by atoms with Crippen molar-refractivity contribution in [3.05, 3.63) is 0 Å². The Morgan fingerprint density at radius 2 is 1.73 bits per heavy atom. The van der Waals surface area contributed by atoms with Crippen LogP contribution in [0.4, 0.5) is 0 Å². The molecular weight excluding hydrogens is 198 g/mol. The molecule has 0 rings (SSSR count). The molecule has 0 aromatic carbocycles. The highest BCUT2D eigenvalue weighted by Gasteiger charge is 2.36. The van der Waals surface area contributed by atoms with Crippen LogP contribution in [0.15, 0.2) is 0 Å². The largest absolute Gasteiger partial charge is 0.481 e. The third-order valence-corrected chi connectivity index (χ3v) is 2.90. The molecule has 0 aromatic rings. The molecule has 15 heavy (non-hydrogen) atoms. The highest BCUT2D eigenvalue weighted by molar-refractivity contribution is 5.75. The van der Waals surface area contributed by atoms with Gasteiger partial charge in [-0.15, -0.1) is 0 Å². The molecule has 88 valence electrons. The second kappa shape index (κ2) is 5.70. The number of hydrogen-bond acceptors (Lipinski definition) is 3. The summed E-state index contributed by atoms with van der Waals surface area (Å²) in [6.45, 7) is 3.57. The van der Waals surface area contributed by atoms with Crippen LogP contribution >= 0.6 is 0 Å². The molecule has 0 fully saturated rings. The van der Waals surface area contributed by atoms with Crippen molar-refractivity contribution >= 4 is 11.9 Å². The lowest BCUT2D eigenvalue weighted by molar-refractivity contribution is -0.151. The number of nitrogens with two attached hydrogens (primary N) is 1. The Balaban J connectivity index is 4.53. The molecule has 0 radical (unpaired) electrons. The molecule has 0 heterocycles. The van der Waals surface area contributed by atoms with Crippen molar-refractivity contribution in [1.29, 1.82) is 0 Å². The van der Waals surface area contributed by atoms with Gasteiger partial charge in [0.25, 0.3) is 0 Å². The summed E-state index contributed by atoms with van der Waals surface area (Å²) in [5, 5.41) is 17.6. The molecule has 0 spiro atoms. The molecule has 0 aliphatic heterocycles. The molecule has 5 heteroatoms. The Hall–Kier alpha value is -1.10. The fraction of sp³-hybridized carbons (Fsp3) is 0.800. The number of rotatable bonds is 7. The number of carbonyl (C=O) groups is 2. The Morgan fingerprint density at radius 3 is 2.00 bits per heavy atom. The van der Waals surface area contributed by atoms with E-state index in [1.54, 1.807) is 13.8 Å². The number of aliphatic carboxylic acids is 2. The van der Waals surface area contributed by atoms with Crippen molar-refractivity contribution in [3.8, 4) is 0 Å². The van der Waals surface area contributed by atoms with Crippen LogP contribution in [0.2, 0.25) is 0 Å². The lowest BCUT2D eigenvalue weighted by atomic mass is 9.76. The molecule has 0 aliphatic rings. The SMILES string of the molecule is CCC(CC)(CC(N)CC(=O)O)C(=O)O. The maximum absolute atomic E-state index is 11.1. The van der Waals surface area contributed by atoms with Crippen molar-refractivity contribution in [2.24, 2.45) is 11.1 Å². The van der Waals surface area contributed by atoms with Gasteiger partial charge in [-0.3, -0.25) is 9.59 Å². The zero-order chi connectivity index (χ0) is 12.1. The van der Waals surface area contributed by atoms with E-state index in [4.69, 9.17) is 15.9 Å². The number of carboxylic acids is 2. The molecule has 5 nitrogen and oxygen atoms in total. The molecule has 0 bridgehead atoms. The average Bonchev–Trinajstić information content (AvgIpc) is 2.12. The van der Waals surface area contributed by atoms with Gasteiger partial charge in [-0.05, 0) is 19.3 Å². The Labute approximate surface area is 89.3 Å². The van der Waals surface area contributed by atoms with Crippen LogP contribution in [0, 0.1) is 5.41 Å². The molecule has 0 amide bonds. The van der Waals surface area contributed by atoms with Crippen LogP contribution in [0.25, 0.3) is 0 Å². The molecule has 0 aliphatic carbocycles. The van der Waals surface area contributed by atoms with Gasteiger partial charge in [-0.1, -0.05) is 13.8 Å². The summed E-state index contributed by atoms with van der Waals surface area (Å²) in [5.74, 6) is -1.89. The molecular formula is C10H19NO4. The minimum atomic E-state index is -0.992. The van der Waals surface area contributed by atoms with E-state index in [-0.39, 0.29) is 12.8 Å². The van der Waals surface area contributed by atoms with Gasteiger partial charge >= 0.3 is 11.9 Å². The second-order valence-electron chi connectivity index (χ2n) is 3.85. The van der Waals surface area contributed by atoms with Crippen LogP contribution in [0.5, 0.6) is 0 Å². The predicted molar refractivity (Wildman–Crippen MR) is 55.5 cm³/mol. The molecule has 1 unspecified atom stereocenters. The van der Waals surface area contributed by atoms with Crippen LogP contribution in [0.1, 0.15) is 39.5 Å². The number of carboxylic acid groups (broad SMARTS) is 2. The fourth-order valence-corrected chi connectivity index (χ4v) is 1.73. The van der Waals surface area contributed by atoms with E-state index in [2.05, 4.69) is 0 Å². The van der Waals surface area contributed by atoms with Crippen molar-refractivity contribution < 1.29 is 19.8 Å². The lowest BCUT2D eigenvalue weighted by Crippen LogP contribution is -2.38. The van der Waals surface area contributed by atoms with E-state index in [9.17, 15) is 9.59 Å². The third kappa shape index (κ3) is 3.87. The van der Waals surface area contributed by atoms with Crippen molar-refractivity contribution in [2.45, 2.75) is 45.6 Å². The molecule has 0 aromatic heterocycles. The summed E-state index contributed by atoms with van der Waals surface area (Å²) in [4.78, 5) is 21.5. The summed E-state index contributed by atoms with van der Waals surface area (Å²) in [6, 6.07) is -0.599. The average molecular weight is 217 g/mol. The maximum atomic E-state index is 11.1. The standard InChI is InChI=1S/C10H19NO4/c1-3-10(4-2,9(14)15)6-7(11)5-8(12)13/h7H,3-6,11H2,1-2H3,(H,12,13)(H,14,15). The van der Waals surface area contributed by atoms with Gasteiger partial charge in [0, 0.05) is 6.04 Å². The van der Waals surface area contributed by atoms with Crippen LogP contribution in [-0.2, 0) is 9.59 Å². The van der Waals surface area contributed by atoms with Gasteiger partial charge in [0.05, 0.1) is 11.8 Å². The first-order valence-corrected chi connectivity index (χ1v) is 5.08. The topological polar surface area (TPSA) is 101 Å². The first-order valence-electron chi connectivity index (χ1n) is 5.08. The summed E-state index contributed by atoms with van der Waals surface area (Å²) in [7, 11) is 0. The second-order valence-corrected chi connectivity index (χ2v) is 3.85. The van der Waals surface area contributed by atoms with Gasteiger partial charge < -0.3 is 15.9 Å². The normalized spacial score (nSPS) is 13.5. The maximum Gasteiger partial charge on any atom is 0.309 e. The summed E-state index contributed by atoms with van der Waals surface area (Å²) >= 11 is 0. The fourth-order valence-electron chi connectivity index (χ4n) is 1.73. The number of hydrogen-bond donors (Lipinski definition) is 3. The summed E-state index contributed by atoms with van der Waals surface area (Å²) < 4.78 is 0. The van der Waals surface area contributed by atoms with Gasteiger partial charge in [-0.2, -0.15) is 0 Å². The van der Waals surface area contributed by atoms with Gasteiger partial charge in [0.1, 0.15) is 0 Å². The Morgan fingerprint density at radius 1 is 1.27 bits per heavy atom. The van der Waals surface area contributed by atoms with E-state index in [0.29, 0.717) is 12.8 Å². The quantitative estimate of drug-likeness (QED) is 0.592. The molecule has 4 N–H and O–H groups in total. The van der Waals surface area contributed by atoms with E-state index < -0.39 is 23.4 Å². The first kappa shape index (κ1) is 13.9. The highest BCUT2D eigenvalue weighted by atomic mass is 16.4. The molecule has 0 saturated heterocycles. The summed E-state index contributed by atoms with van der Waals surface area (Å²) in [5.41, 5.74) is 4.73. The summed E-state index contributed by atoms with van der Waals surface area (Å²) in [6.07, 6.45) is 0.953. The van der Waals surface area contributed by atoms with Crippen molar-refractivity contribution in [2.75, 3.05) is 0 Å². The van der Waals surface area contributed by atoms with Gasteiger partial charge in [0.15, 0.2) is 0 Å². The van der Waals surface area contributed by atoms with E-state index in [0.717, 1.165) is 0 Å².